The Kier molecular flexibility index (Phi) is 7.25. The molecule has 9 nitrogen and oxygen atoms in total. The van der Waals surface area contributed by atoms with E-state index in [1.807, 2.05) is 0 Å². The molecule has 0 atom stereocenters. The highest BCUT2D eigenvalue weighted by molar-refractivity contribution is 8.18. The lowest BCUT2D eigenvalue weighted by atomic mass is 10.1. The molecule has 35 heavy (non-hydrogen) atoms. The topological polar surface area (TPSA) is 112 Å². The number of thioether (sulfide) groups is 1. The number of carbonyl (C=O) groups excluding carboxylic acids is 2. The summed E-state index contributed by atoms with van der Waals surface area (Å²) in [5, 5.41) is 11.2. The van der Waals surface area contributed by atoms with Crippen LogP contribution in [0.3, 0.4) is 0 Å². The van der Waals surface area contributed by atoms with Crippen LogP contribution in [0.25, 0.3) is 6.08 Å². The SMILES string of the molecule is COc1cc(/C=C2/SC(=O)N(Cc3ccc(Cl)cc3Cl)C2=O)ccc1Oc1ccc([N+](=O)[O-])cn1. The van der Waals surface area contributed by atoms with Crippen molar-refractivity contribution in [2.24, 2.45) is 0 Å². The van der Waals surface area contributed by atoms with Crippen molar-refractivity contribution in [3.05, 3.63) is 90.9 Å². The summed E-state index contributed by atoms with van der Waals surface area (Å²) in [4.78, 5) is 40.8. The first kappa shape index (κ1) is 24.5. The van der Waals surface area contributed by atoms with Gasteiger partial charge in [-0.05, 0) is 53.2 Å². The molecule has 1 fully saturated rings. The summed E-state index contributed by atoms with van der Waals surface area (Å²) in [6.07, 6.45) is 2.66. The Hall–Kier alpha value is -3.60. The van der Waals surface area contributed by atoms with Crippen molar-refractivity contribution in [2.45, 2.75) is 6.54 Å². The van der Waals surface area contributed by atoms with E-state index >= 15 is 0 Å². The molecule has 0 saturated carbocycles. The average molecular weight is 532 g/mol. The molecule has 2 heterocycles. The summed E-state index contributed by atoms with van der Waals surface area (Å²) in [5.74, 6) is 0.353. The van der Waals surface area contributed by atoms with Gasteiger partial charge in [0.2, 0.25) is 5.88 Å². The van der Waals surface area contributed by atoms with Crippen LogP contribution >= 0.6 is 35.0 Å². The number of hydrogen-bond donors (Lipinski definition) is 0. The molecular formula is C23H15Cl2N3O6S. The van der Waals surface area contributed by atoms with E-state index in [9.17, 15) is 19.7 Å². The monoisotopic (exact) mass is 531 g/mol. The van der Waals surface area contributed by atoms with E-state index in [-0.39, 0.29) is 23.0 Å². The predicted octanol–water partition coefficient (Wildman–Crippen LogP) is 6.33. The normalized spacial score (nSPS) is 14.5. The highest BCUT2D eigenvalue weighted by Crippen LogP contribution is 2.37. The van der Waals surface area contributed by atoms with Gasteiger partial charge in [0.25, 0.3) is 16.8 Å². The summed E-state index contributed by atoms with van der Waals surface area (Å²) in [7, 11) is 1.44. The lowest BCUT2D eigenvalue weighted by molar-refractivity contribution is -0.385. The number of nitro groups is 1. The number of benzene rings is 2. The maximum Gasteiger partial charge on any atom is 0.293 e. The van der Waals surface area contributed by atoms with Gasteiger partial charge >= 0.3 is 0 Å². The molecule has 178 valence electrons. The second-order valence-corrected chi connectivity index (χ2v) is 8.96. The molecule has 2 aromatic carbocycles. The maximum atomic E-state index is 12.9. The Balaban J connectivity index is 1.52. The average Bonchev–Trinajstić information content (AvgIpc) is 3.09. The fraction of sp³-hybridized carbons (Fsp3) is 0.0870. The number of rotatable bonds is 7. The molecule has 1 aliphatic rings. The van der Waals surface area contributed by atoms with Crippen molar-refractivity contribution >= 4 is 57.9 Å². The molecule has 2 amide bonds. The van der Waals surface area contributed by atoms with E-state index in [1.165, 1.54) is 19.2 Å². The second kappa shape index (κ2) is 10.3. The predicted molar refractivity (Wildman–Crippen MR) is 132 cm³/mol. The minimum absolute atomic E-state index is 0.0242. The van der Waals surface area contributed by atoms with Crippen LogP contribution in [0.2, 0.25) is 10.0 Å². The van der Waals surface area contributed by atoms with Gasteiger partial charge in [-0.1, -0.05) is 35.3 Å². The van der Waals surface area contributed by atoms with Crippen LogP contribution in [0.1, 0.15) is 11.1 Å². The molecule has 4 rings (SSSR count). The summed E-state index contributed by atoms with van der Waals surface area (Å²) in [6.45, 7) is 0.0242. The number of aromatic nitrogens is 1. The van der Waals surface area contributed by atoms with Gasteiger partial charge in [-0.3, -0.25) is 24.6 Å². The van der Waals surface area contributed by atoms with E-state index in [4.69, 9.17) is 32.7 Å². The number of halogens is 2. The van der Waals surface area contributed by atoms with Gasteiger partial charge in [0, 0.05) is 22.2 Å². The summed E-state index contributed by atoms with van der Waals surface area (Å²) >= 11 is 12.9. The Morgan fingerprint density at radius 3 is 2.57 bits per heavy atom. The maximum absolute atomic E-state index is 12.9. The van der Waals surface area contributed by atoms with Crippen LogP contribution in [-0.2, 0) is 11.3 Å². The van der Waals surface area contributed by atoms with E-state index < -0.39 is 16.1 Å². The zero-order valence-electron chi connectivity index (χ0n) is 17.9. The van der Waals surface area contributed by atoms with Gasteiger partial charge in [-0.15, -0.1) is 0 Å². The first-order chi connectivity index (χ1) is 16.7. The van der Waals surface area contributed by atoms with Gasteiger partial charge < -0.3 is 9.47 Å². The zero-order chi connectivity index (χ0) is 25.1. The van der Waals surface area contributed by atoms with E-state index in [0.29, 0.717) is 32.7 Å². The zero-order valence-corrected chi connectivity index (χ0v) is 20.3. The van der Waals surface area contributed by atoms with E-state index in [1.54, 1.807) is 42.5 Å². The lowest BCUT2D eigenvalue weighted by Crippen LogP contribution is -2.27. The van der Waals surface area contributed by atoms with Crippen LogP contribution in [0.5, 0.6) is 17.4 Å². The summed E-state index contributed by atoms with van der Waals surface area (Å²) in [6, 6.07) is 12.4. The third-order valence-electron chi connectivity index (χ3n) is 4.85. The number of nitrogens with zero attached hydrogens (tertiary/aromatic N) is 3. The number of hydrogen-bond acceptors (Lipinski definition) is 8. The summed E-state index contributed by atoms with van der Waals surface area (Å²) in [5.41, 5.74) is 1.04. The highest BCUT2D eigenvalue weighted by Gasteiger charge is 2.35. The highest BCUT2D eigenvalue weighted by atomic mass is 35.5. The number of amides is 2. The van der Waals surface area contributed by atoms with E-state index in [0.717, 1.165) is 22.9 Å². The number of ether oxygens (including phenoxy) is 2. The molecule has 3 aromatic rings. The molecule has 1 aromatic heterocycles. The third kappa shape index (κ3) is 5.56. The Labute approximate surface area is 213 Å². The van der Waals surface area contributed by atoms with Crippen molar-refractivity contribution in [3.8, 4) is 17.4 Å². The molecular weight excluding hydrogens is 517 g/mol. The molecule has 0 N–H and O–H groups in total. The molecule has 12 heteroatoms. The first-order valence-electron chi connectivity index (χ1n) is 9.91. The summed E-state index contributed by atoms with van der Waals surface area (Å²) < 4.78 is 11.0. The quantitative estimate of drug-likeness (QED) is 0.197. The fourth-order valence-electron chi connectivity index (χ4n) is 3.12. The standard InChI is InChI=1S/C23H15Cl2N3O6S/c1-33-19-8-13(2-6-18(19)34-21-7-5-16(11-26-21)28(31)32)9-20-22(29)27(23(30)35-20)12-14-3-4-15(24)10-17(14)25/h2-11H,12H2,1H3/b20-9+. The van der Waals surface area contributed by atoms with Crippen molar-refractivity contribution in [2.75, 3.05) is 7.11 Å². The number of carbonyl (C=O) groups is 2. The number of imide groups is 1. The van der Waals surface area contributed by atoms with Gasteiger partial charge in [-0.2, -0.15) is 0 Å². The van der Waals surface area contributed by atoms with Crippen molar-refractivity contribution in [3.63, 3.8) is 0 Å². The third-order valence-corrected chi connectivity index (χ3v) is 6.34. The van der Waals surface area contributed by atoms with Crippen LogP contribution in [-0.4, -0.2) is 33.1 Å². The minimum atomic E-state index is -0.558. The van der Waals surface area contributed by atoms with Crippen molar-refractivity contribution < 1.29 is 24.0 Å². The van der Waals surface area contributed by atoms with Gasteiger partial charge in [-0.25, -0.2) is 4.98 Å². The lowest BCUT2D eigenvalue weighted by Gasteiger charge is -2.13. The van der Waals surface area contributed by atoms with Crippen LogP contribution < -0.4 is 9.47 Å². The van der Waals surface area contributed by atoms with E-state index in [2.05, 4.69) is 4.98 Å². The Bertz CT molecular complexity index is 1360. The molecule has 0 aliphatic carbocycles. The van der Waals surface area contributed by atoms with Crippen LogP contribution in [0.15, 0.2) is 59.6 Å². The molecule has 0 spiro atoms. The molecule has 0 radical (unpaired) electrons. The van der Waals surface area contributed by atoms with Crippen molar-refractivity contribution in [1.82, 2.24) is 9.88 Å². The Morgan fingerprint density at radius 1 is 1.11 bits per heavy atom. The van der Waals surface area contributed by atoms with Gasteiger partial charge in [0.05, 0.1) is 23.5 Å². The smallest absolute Gasteiger partial charge is 0.293 e. The molecule has 0 unspecified atom stereocenters. The molecule has 1 aliphatic heterocycles. The van der Waals surface area contributed by atoms with Crippen molar-refractivity contribution in [1.29, 1.82) is 0 Å². The Morgan fingerprint density at radius 2 is 1.91 bits per heavy atom. The first-order valence-corrected chi connectivity index (χ1v) is 11.5. The number of pyridine rings is 1. The fourth-order valence-corrected chi connectivity index (χ4v) is 4.43. The second-order valence-electron chi connectivity index (χ2n) is 7.13. The van der Waals surface area contributed by atoms with Gasteiger partial charge in [0.1, 0.15) is 6.20 Å². The van der Waals surface area contributed by atoms with Crippen LogP contribution in [0, 0.1) is 10.1 Å². The van der Waals surface area contributed by atoms with Gasteiger partial charge in [0.15, 0.2) is 11.5 Å². The molecule has 0 bridgehead atoms. The van der Waals surface area contributed by atoms with Crippen LogP contribution in [0.4, 0.5) is 10.5 Å². The minimum Gasteiger partial charge on any atom is -0.493 e. The largest absolute Gasteiger partial charge is 0.493 e. The number of methoxy groups -OCH3 is 1. The molecule has 1 saturated heterocycles.